The fourth-order valence-electron chi connectivity index (χ4n) is 3.78. The first-order chi connectivity index (χ1) is 17.0. The highest BCUT2D eigenvalue weighted by molar-refractivity contribution is 5.94. The van der Waals surface area contributed by atoms with Crippen LogP contribution in [0.1, 0.15) is 56.3 Å². The predicted molar refractivity (Wildman–Crippen MR) is 134 cm³/mol. The summed E-state index contributed by atoms with van der Waals surface area (Å²) in [6, 6.07) is 11.0. The lowest BCUT2D eigenvalue weighted by molar-refractivity contribution is 0.0800. The summed E-state index contributed by atoms with van der Waals surface area (Å²) < 4.78 is 11.2. The third kappa shape index (κ3) is 8.24. The Bertz CT molecular complexity index is 925. The van der Waals surface area contributed by atoms with E-state index in [0.29, 0.717) is 50.0 Å². The molecule has 0 radical (unpaired) electrons. The Morgan fingerprint density at radius 3 is 2.51 bits per heavy atom. The number of pyridine rings is 1. The molecule has 8 heteroatoms. The molecule has 35 heavy (non-hydrogen) atoms. The van der Waals surface area contributed by atoms with Gasteiger partial charge in [-0.2, -0.15) is 0 Å². The lowest BCUT2D eigenvalue weighted by atomic mass is 9.98. The van der Waals surface area contributed by atoms with E-state index in [1.54, 1.807) is 23.2 Å². The molecule has 1 saturated heterocycles. The summed E-state index contributed by atoms with van der Waals surface area (Å²) in [5.41, 5.74) is 2.23. The Labute approximate surface area is 207 Å². The van der Waals surface area contributed by atoms with Crippen molar-refractivity contribution in [3.8, 4) is 17.0 Å². The van der Waals surface area contributed by atoms with Crippen LogP contribution in [0.4, 0.5) is 4.79 Å². The number of benzene rings is 1. The van der Waals surface area contributed by atoms with Gasteiger partial charge < -0.3 is 24.8 Å². The van der Waals surface area contributed by atoms with Gasteiger partial charge in [0.05, 0.1) is 31.2 Å². The first-order valence-electron chi connectivity index (χ1n) is 12.6. The maximum absolute atomic E-state index is 12.2. The van der Waals surface area contributed by atoms with Gasteiger partial charge in [0, 0.05) is 30.8 Å². The van der Waals surface area contributed by atoms with Crippen LogP contribution in [0.5, 0.6) is 5.75 Å². The first kappa shape index (κ1) is 26.5. The van der Waals surface area contributed by atoms with E-state index in [1.807, 2.05) is 31.2 Å². The maximum Gasteiger partial charge on any atom is 0.409 e. The number of nitrogens with one attached hydrogen (secondary N) is 1. The molecular formula is C27H37N3O5. The number of hydrogen-bond acceptors (Lipinski definition) is 6. The van der Waals surface area contributed by atoms with E-state index in [-0.39, 0.29) is 18.5 Å². The Morgan fingerprint density at radius 1 is 1.14 bits per heavy atom. The van der Waals surface area contributed by atoms with Gasteiger partial charge in [-0.05, 0) is 55.9 Å². The lowest BCUT2D eigenvalue weighted by Gasteiger charge is -2.31. The summed E-state index contributed by atoms with van der Waals surface area (Å²) >= 11 is 0. The second kappa shape index (κ2) is 13.7. The van der Waals surface area contributed by atoms with Crippen LogP contribution in [0.3, 0.4) is 0 Å². The fraction of sp³-hybridized carbons (Fsp3) is 0.519. The van der Waals surface area contributed by atoms with Crippen molar-refractivity contribution in [2.45, 2.75) is 52.1 Å². The molecule has 0 spiro atoms. The maximum atomic E-state index is 12.2. The van der Waals surface area contributed by atoms with Crippen molar-refractivity contribution in [3.63, 3.8) is 0 Å². The third-order valence-corrected chi connectivity index (χ3v) is 6.23. The number of amides is 2. The van der Waals surface area contributed by atoms with Gasteiger partial charge in [-0.15, -0.1) is 0 Å². The molecule has 1 aromatic carbocycles. The molecule has 1 aromatic heterocycles. The van der Waals surface area contributed by atoms with E-state index in [4.69, 9.17) is 9.47 Å². The first-order valence-corrected chi connectivity index (χ1v) is 12.6. The quantitative estimate of drug-likeness (QED) is 0.463. The van der Waals surface area contributed by atoms with Gasteiger partial charge in [-0.1, -0.05) is 32.4 Å². The van der Waals surface area contributed by atoms with Crippen LogP contribution in [0, 0.1) is 5.92 Å². The number of aromatic nitrogens is 1. The van der Waals surface area contributed by atoms with Crippen LogP contribution in [0.15, 0.2) is 42.6 Å². The molecule has 2 amide bonds. The van der Waals surface area contributed by atoms with Gasteiger partial charge in [0.2, 0.25) is 0 Å². The minimum atomic E-state index is -0.532. The Balaban J connectivity index is 1.42. The molecule has 0 bridgehead atoms. The summed E-state index contributed by atoms with van der Waals surface area (Å²) in [7, 11) is 0. The van der Waals surface area contributed by atoms with Gasteiger partial charge in [-0.25, -0.2) is 4.79 Å². The van der Waals surface area contributed by atoms with E-state index in [0.717, 1.165) is 36.9 Å². The van der Waals surface area contributed by atoms with Crippen LogP contribution in [0.2, 0.25) is 0 Å². The second-order valence-corrected chi connectivity index (χ2v) is 8.94. The van der Waals surface area contributed by atoms with Gasteiger partial charge >= 0.3 is 6.09 Å². The summed E-state index contributed by atoms with van der Waals surface area (Å²) in [4.78, 5) is 30.5. The Kier molecular flexibility index (Phi) is 10.3. The zero-order chi connectivity index (χ0) is 25.0. The minimum Gasteiger partial charge on any atom is -0.492 e. The molecule has 1 atom stereocenters. The molecule has 0 saturated carbocycles. The van der Waals surface area contributed by atoms with Crippen molar-refractivity contribution in [2.24, 2.45) is 5.92 Å². The van der Waals surface area contributed by atoms with Crippen molar-refractivity contribution in [1.82, 2.24) is 15.2 Å². The topological polar surface area (TPSA) is 101 Å². The average Bonchev–Trinajstić information content (AvgIpc) is 2.91. The zero-order valence-corrected chi connectivity index (χ0v) is 20.7. The van der Waals surface area contributed by atoms with Crippen LogP contribution in [0.25, 0.3) is 11.3 Å². The number of carbonyl (C=O) groups is 2. The molecule has 8 nitrogen and oxygen atoms in total. The van der Waals surface area contributed by atoms with Gasteiger partial charge in [0.15, 0.2) is 0 Å². The minimum absolute atomic E-state index is 0.207. The van der Waals surface area contributed by atoms with E-state index in [2.05, 4.69) is 17.2 Å². The van der Waals surface area contributed by atoms with Crippen molar-refractivity contribution < 1.29 is 24.2 Å². The summed E-state index contributed by atoms with van der Waals surface area (Å²) in [6.07, 6.45) is 5.27. The summed E-state index contributed by atoms with van der Waals surface area (Å²) in [6.45, 7) is 6.66. The van der Waals surface area contributed by atoms with Crippen molar-refractivity contribution in [1.29, 1.82) is 0 Å². The highest BCUT2D eigenvalue weighted by Gasteiger charge is 2.24. The van der Waals surface area contributed by atoms with Gasteiger partial charge in [-0.3, -0.25) is 9.78 Å². The predicted octanol–water partition coefficient (Wildman–Crippen LogP) is 4.28. The summed E-state index contributed by atoms with van der Waals surface area (Å²) in [5.74, 6) is 0.895. The largest absolute Gasteiger partial charge is 0.492 e. The SMILES string of the molecule is CCCCOC(=O)N1CCC(COc2ccc(-c3ccc(C(=O)NCC(O)CC)cc3)nc2)CC1. The summed E-state index contributed by atoms with van der Waals surface area (Å²) in [5, 5.41) is 12.3. The van der Waals surface area contributed by atoms with Crippen molar-refractivity contribution in [2.75, 3.05) is 32.8 Å². The Morgan fingerprint density at radius 2 is 1.89 bits per heavy atom. The molecule has 190 valence electrons. The van der Waals surface area contributed by atoms with E-state index >= 15 is 0 Å². The number of aliphatic hydroxyl groups is 1. The van der Waals surface area contributed by atoms with Crippen molar-refractivity contribution in [3.05, 3.63) is 48.2 Å². The van der Waals surface area contributed by atoms with Crippen LogP contribution in [-0.4, -0.2) is 65.9 Å². The molecular weight excluding hydrogens is 446 g/mol. The molecule has 3 rings (SSSR count). The monoisotopic (exact) mass is 483 g/mol. The smallest absolute Gasteiger partial charge is 0.409 e. The molecule has 2 heterocycles. The number of ether oxygens (including phenoxy) is 2. The van der Waals surface area contributed by atoms with Gasteiger partial charge in [0.1, 0.15) is 5.75 Å². The molecule has 1 aliphatic rings. The third-order valence-electron chi connectivity index (χ3n) is 6.23. The van der Waals surface area contributed by atoms with Crippen LogP contribution >= 0.6 is 0 Å². The number of aliphatic hydroxyl groups excluding tert-OH is 1. The van der Waals surface area contributed by atoms with E-state index in [9.17, 15) is 14.7 Å². The van der Waals surface area contributed by atoms with E-state index < -0.39 is 6.10 Å². The number of hydrogen-bond donors (Lipinski definition) is 2. The fourth-order valence-corrected chi connectivity index (χ4v) is 3.78. The number of unbranched alkanes of at least 4 members (excludes halogenated alkanes) is 1. The zero-order valence-electron chi connectivity index (χ0n) is 20.7. The molecule has 2 aromatic rings. The molecule has 1 aliphatic heterocycles. The average molecular weight is 484 g/mol. The number of piperidine rings is 1. The number of carbonyl (C=O) groups excluding carboxylic acids is 2. The molecule has 2 N–H and O–H groups in total. The highest BCUT2D eigenvalue weighted by Crippen LogP contribution is 2.23. The standard InChI is InChI=1S/C27H37N3O5/c1-3-5-16-34-27(33)30-14-12-20(13-15-30)19-35-24-10-11-25(28-18-24)21-6-8-22(9-7-21)26(32)29-17-23(31)4-2/h6-11,18,20,23,31H,3-5,12-17,19H2,1-2H3,(H,29,32). The van der Waals surface area contributed by atoms with Gasteiger partial charge in [0.25, 0.3) is 5.91 Å². The second-order valence-electron chi connectivity index (χ2n) is 8.94. The number of likely N-dealkylation sites (tertiary alicyclic amines) is 1. The van der Waals surface area contributed by atoms with E-state index in [1.165, 1.54) is 0 Å². The Hall–Kier alpha value is -3.13. The molecule has 0 aliphatic carbocycles. The molecule has 1 unspecified atom stereocenters. The van der Waals surface area contributed by atoms with Crippen molar-refractivity contribution >= 4 is 12.0 Å². The highest BCUT2D eigenvalue weighted by atomic mass is 16.6. The normalized spacial score (nSPS) is 14.9. The number of rotatable bonds is 11. The van der Waals surface area contributed by atoms with Crippen LogP contribution in [-0.2, 0) is 4.74 Å². The van der Waals surface area contributed by atoms with Crippen LogP contribution < -0.4 is 10.1 Å². The lowest BCUT2D eigenvalue weighted by Crippen LogP contribution is -2.40. The number of nitrogens with zero attached hydrogens (tertiary/aromatic N) is 2. The molecule has 1 fully saturated rings.